The molecule has 1 aromatic rings. The molecule has 1 heterocycles. The number of benzene rings is 1. The molecule has 0 radical (unpaired) electrons. The number of nitrogens with two attached hydrogens (primary N) is 1. The molecule has 1 saturated heterocycles. The highest BCUT2D eigenvalue weighted by Gasteiger charge is 2.22. The predicted octanol–water partition coefficient (Wildman–Crippen LogP) is 1.59. The molecule has 1 aliphatic heterocycles. The van der Waals surface area contributed by atoms with Crippen molar-refractivity contribution in [2.24, 2.45) is 5.73 Å². The largest absolute Gasteiger partial charge is 0.326 e. The average Bonchev–Trinajstić information content (AvgIpc) is 2.76. The summed E-state index contributed by atoms with van der Waals surface area (Å²) in [6.07, 6.45) is 2.49. The van der Waals surface area contributed by atoms with Crippen LogP contribution in [0.1, 0.15) is 18.4 Å². The highest BCUT2D eigenvalue weighted by atomic mass is 19.1. The van der Waals surface area contributed by atoms with Crippen LogP contribution in [0.2, 0.25) is 0 Å². The molecule has 4 heteroatoms. The Hall–Kier alpha value is -1.00. The van der Waals surface area contributed by atoms with E-state index in [1.165, 1.54) is 6.07 Å². The van der Waals surface area contributed by atoms with Gasteiger partial charge < -0.3 is 11.1 Å². The molecule has 88 valence electrons. The summed E-state index contributed by atoms with van der Waals surface area (Å²) in [5.41, 5.74) is 6.34. The lowest BCUT2D eigenvalue weighted by molar-refractivity contribution is 0.471. The normalized spacial score (nSPS) is 22.3. The average molecular weight is 226 g/mol. The lowest BCUT2D eigenvalue weighted by Crippen LogP contribution is -2.42. The van der Waals surface area contributed by atoms with E-state index in [1.807, 2.05) is 0 Å². The summed E-state index contributed by atoms with van der Waals surface area (Å²) in [7, 11) is 0. The molecule has 16 heavy (non-hydrogen) atoms. The SMILES string of the molecule is NC(Cc1cc(F)ccc1F)C1CCCN1. The molecule has 2 nitrogen and oxygen atoms in total. The lowest BCUT2D eigenvalue weighted by Gasteiger charge is -2.19. The summed E-state index contributed by atoms with van der Waals surface area (Å²) in [6.45, 7) is 0.962. The van der Waals surface area contributed by atoms with Crippen molar-refractivity contribution in [3.8, 4) is 0 Å². The Morgan fingerprint density at radius 1 is 1.44 bits per heavy atom. The van der Waals surface area contributed by atoms with E-state index in [9.17, 15) is 8.78 Å². The molecular formula is C12H16F2N2. The zero-order valence-corrected chi connectivity index (χ0v) is 9.05. The summed E-state index contributed by atoms with van der Waals surface area (Å²) < 4.78 is 26.3. The Kier molecular flexibility index (Phi) is 3.51. The third-order valence-electron chi connectivity index (χ3n) is 3.08. The molecule has 0 spiro atoms. The van der Waals surface area contributed by atoms with Gasteiger partial charge in [0.2, 0.25) is 0 Å². The van der Waals surface area contributed by atoms with E-state index in [-0.39, 0.29) is 17.9 Å². The summed E-state index contributed by atoms with van der Waals surface area (Å²) >= 11 is 0. The first-order valence-electron chi connectivity index (χ1n) is 5.59. The summed E-state index contributed by atoms with van der Waals surface area (Å²) in [5, 5.41) is 3.27. The van der Waals surface area contributed by atoms with Crippen LogP contribution in [0.5, 0.6) is 0 Å². The third-order valence-corrected chi connectivity index (χ3v) is 3.08. The fourth-order valence-electron chi connectivity index (χ4n) is 2.17. The molecule has 2 unspecified atom stereocenters. The summed E-state index contributed by atoms with van der Waals surface area (Å²) in [6, 6.07) is 3.57. The fourth-order valence-corrected chi connectivity index (χ4v) is 2.17. The Morgan fingerprint density at radius 3 is 2.94 bits per heavy atom. The van der Waals surface area contributed by atoms with Gasteiger partial charge in [-0.15, -0.1) is 0 Å². The first-order chi connectivity index (χ1) is 7.66. The maximum atomic E-state index is 13.4. The monoisotopic (exact) mass is 226 g/mol. The fraction of sp³-hybridized carbons (Fsp3) is 0.500. The zero-order valence-electron chi connectivity index (χ0n) is 9.05. The van der Waals surface area contributed by atoms with E-state index in [0.717, 1.165) is 31.5 Å². The standard InChI is InChI=1S/C12H16F2N2/c13-9-3-4-10(14)8(6-9)7-11(15)12-2-1-5-16-12/h3-4,6,11-12,16H,1-2,5,7,15H2. The predicted molar refractivity (Wildman–Crippen MR) is 59.1 cm³/mol. The van der Waals surface area contributed by atoms with E-state index >= 15 is 0 Å². The van der Waals surface area contributed by atoms with Crippen molar-refractivity contribution in [1.82, 2.24) is 5.32 Å². The molecule has 1 aliphatic rings. The zero-order chi connectivity index (χ0) is 11.5. The molecule has 0 bridgehead atoms. The Labute approximate surface area is 93.8 Å². The smallest absolute Gasteiger partial charge is 0.126 e. The van der Waals surface area contributed by atoms with Gasteiger partial charge >= 0.3 is 0 Å². The van der Waals surface area contributed by atoms with Crippen LogP contribution >= 0.6 is 0 Å². The number of nitrogens with one attached hydrogen (secondary N) is 1. The van der Waals surface area contributed by atoms with Gasteiger partial charge in [-0.2, -0.15) is 0 Å². The summed E-state index contributed by atoms with van der Waals surface area (Å²) in [4.78, 5) is 0. The van der Waals surface area contributed by atoms with Crippen LogP contribution in [-0.2, 0) is 6.42 Å². The molecule has 0 amide bonds. The minimum Gasteiger partial charge on any atom is -0.326 e. The second-order valence-corrected chi connectivity index (χ2v) is 4.31. The van der Waals surface area contributed by atoms with Gasteiger partial charge in [-0.3, -0.25) is 0 Å². The number of hydrogen-bond acceptors (Lipinski definition) is 2. The Bertz CT molecular complexity index is 362. The van der Waals surface area contributed by atoms with Gasteiger partial charge in [0.15, 0.2) is 0 Å². The van der Waals surface area contributed by atoms with Gasteiger partial charge in [-0.25, -0.2) is 8.78 Å². The van der Waals surface area contributed by atoms with Gasteiger partial charge in [0.05, 0.1) is 0 Å². The van der Waals surface area contributed by atoms with Crippen molar-refractivity contribution in [2.75, 3.05) is 6.54 Å². The van der Waals surface area contributed by atoms with E-state index in [2.05, 4.69) is 5.32 Å². The van der Waals surface area contributed by atoms with Gasteiger partial charge in [0.1, 0.15) is 11.6 Å². The molecule has 3 N–H and O–H groups in total. The Morgan fingerprint density at radius 2 is 2.25 bits per heavy atom. The van der Waals surface area contributed by atoms with Crippen molar-refractivity contribution in [3.05, 3.63) is 35.4 Å². The van der Waals surface area contributed by atoms with Crippen LogP contribution in [0.3, 0.4) is 0 Å². The van der Waals surface area contributed by atoms with Crippen LogP contribution < -0.4 is 11.1 Å². The maximum absolute atomic E-state index is 13.4. The molecule has 0 aromatic heterocycles. The van der Waals surface area contributed by atoms with Crippen LogP contribution in [0, 0.1) is 11.6 Å². The topological polar surface area (TPSA) is 38.0 Å². The van der Waals surface area contributed by atoms with Crippen molar-refractivity contribution < 1.29 is 8.78 Å². The van der Waals surface area contributed by atoms with Gasteiger partial charge in [0, 0.05) is 12.1 Å². The van der Waals surface area contributed by atoms with Crippen molar-refractivity contribution in [3.63, 3.8) is 0 Å². The molecule has 2 atom stereocenters. The Balaban J connectivity index is 2.04. The van der Waals surface area contributed by atoms with Crippen molar-refractivity contribution >= 4 is 0 Å². The molecule has 0 saturated carbocycles. The number of rotatable bonds is 3. The van der Waals surface area contributed by atoms with Gasteiger partial charge in [-0.1, -0.05) is 0 Å². The molecule has 1 aromatic carbocycles. The first kappa shape index (κ1) is 11.5. The van der Waals surface area contributed by atoms with E-state index < -0.39 is 5.82 Å². The lowest BCUT2D eigenvalue weighted by atomic mass is 9.99. The molecular weight excluding hydrogens is 210 g/mol. The van der Waals surface area contributed by atoms with Gasteiger partial charge in [0.25, 0.3) is 0 Å². The van der Waals surface area contributed by atoms with Crippen LogP contribution in [0.4, 0.5) is 8.78 Å². The highest BCUT2D eigenvalue weighted by Crippen LogP contribution is 2.15. The molecule has 1 fully saturated rings. The number of halogens is 2. The second-order valence-electron chi connectivity index (χ2n) is 4.31. The molecule has 0 aliphatic carbocycles. The van der Waals surface area contributed by atoms with Gasteiger partial charge in [-0.05, 0) is 49.6 Å². The highest BCUT2D eigenvalue weighted by molar-refractivity contribution is 5.20. The molecule has 2 rings (SSSR count). The maximum Gasteiger partial charge on any atom is 0.126 e. The quantitative estimate of drug-likeness (QED) is 0.821. The summed E-state index contributed by atoms with van der Waals surface area (Å²) in [5.74, 6) is -0.794. The van der Waals surface area contributed by atoms with E-state index in [1.54, 1.807) is 0 Å². The van der Waals surface area contributed by atoms with Crippen LogP contribution in [0.25, 0.3) is 0 Å². The van der Waals surface area contributed by atoms with E-state index in [0.29, 0.717) is 12.0 Å². The van der Waals surface area contributed by atoms with Crippen molar-refractivity contribution in [1.29, 1.82) is 0 Å². The first-order valence-corrected chi connectivity index (χ1v) is 5.59. The van der Waals surface area contributed by atoms with Crippen LogP contribution in [0.15, 0.2) is 18.2 Å². The minimum atomic E-state index is -0.414. The van der Waals surface area contributed by atoms with Crippen LogP contribution in [-0.4, -0.2) is 18.6 Å². The third kappa shape index (κ3) is 2.57. The number of hydrogen-bond donors (Lipinski definition) is 2. The van der Waals surface area contributed by atoms with Crippen molar-refractivity contribution in [2.45, 2.75) is 31.3 Å². The minimum absolute atomic E-state index is 0.154. The second kappa shape index (κ2) is 4.89. The van der Waals surface area contributed by atoms with E-state index in [4.69, 9.17) is 5.73 Å².